The number of rotatable bonds is 9. The van der Waals surface area contributed by atoms with Gasteiger partial charge in [0.15, 0.2) is 0 Å². The normalized spacial score (nSPS) is 13.5. The first-order valence-electron chi connectivity index (χ1n) is 25.3. The van der Waals surface area contributed by atoms with E-state index in [1.165, 1.54) is 78.0 Å². The summed E-state index contributed by atoms with van der Waals surface area (Å²) in [6, 6.07) is 93.9. The maximum Gasteiger partial charge on any atom is 0.0619 e. The molecule has 13 rings (SSSR count). The summed E-state index contributed by atoms with van der Waals surface area (Å²) in [5, 5.41) is 0. The second-order valence-corrected chi connectivity index (χ2v) is 20.5. The van der Waals surface area contributed by atoms with Crippen LogP contribution in [0, 0.1) is 0 Å². The lowest BCUT2D eigenvalue weighted by Gasteiger charge is -2.30. The van der Waals surface area contributed by atoms with Crippen molar-refractivity contribution in [2.75, 3.05) is 4.90 Å². The molecule has 72 heavy (non-hydrogen) atoms. The predicted molar refractivity (Wildman–Crippen MR) is 303 cm³/mol. The number of hydrogen-bond donors (Lipinski definition) is 0. The van der Waals surface area contributed by atoms with Gasteiger partial charge in [0.25, 0.3) is 0 Å². The van der Waals surface area contributed by atoms with Crippen molar-refractivity contribution in [2.24, 2.45) is 0 Å². The molecular formula is C70H54N2. The smallest absolute Gasteiger partial charge is 0.0619 e. The number of para-hydroxylation sites is 1. The van der Waals surface area contributed by atoms with Crippen molar-refractivity contribution in [3.63, 3.8) is 0 Å². The number of benzene rings is 10. The topological polar surface area (TPSA) is 8.17 Å². The van der Waals surface area contributed by atoms with Crippen LogP contribution < -0.4 is 4.90 Å². The molecule has 1 aromatic heterocycles. The van der Waals surface area contributed by atoms with Gasteiger partial charge in [0.05, 0.1) is 11.4 Å². The van der Waals surface area contributed by atoms with E-state index in [4.69, 9.17) is 0 Å². The lowest BCUT2D eigenvalue weighted by Crippen LogP contribution is -2.18. The van der Waals surface area contributed by atoms with Gasteiger partial charge in [0.1, 0.15) is 0 Å². The molecule has 1 heterocycles. The maximum absolute atomic E-state index is 2.47. The summed E-state index contributed by atoms with van der Waals surface area (Å²) in [5.41, 5.74) is 26.8. The average Bonchev–Trinajstić information content (AvgIpc) is 4.00. The number of hydrogen-bond acceptors (Lipinski definition) is 1. The number of fused-ring (bicyclic) bond motifs is 6. The summed E-state index contributed by atoms with van der Waals surface area (Å²) in [5.74, 6) is 0. The summed E-state index contributed by atoms with van der Waals surface area (Å²) < 4.78 is 2.47. The first kappa shape index (κ1) is 43.3. The Morgan fingerprint density at radius 3 is 1.07 bits per heavy atom. The molecule has 0 saturated carbocycles. The van der Waals surface area contributed by atoms with Gasteiger partial charge < -0.3 is 9.47 Å². The predicted octanol–water partition coefficient (Wildman–Crippen LogP) is 18.9. The van der Waals surface area contributed by atoms with Crippen molar-refractivity contribution in [1.29, 1.82) is 0 Å². The lowest BCUT2D eigenvalue weighted by molar-refractivity contribution is 0.660. The first-order chi connectivity index (χ1) is 35.3. The van der Waals surface area contributed by atoms with E-state index in [0.29, 0.717) is 0 Å². The minimum atomic E-state index is -0.123. The highest BCUT2D eigenvalue weighted by Crippen LogP contribution is 2.54. The van der Waals surface area contributed by atoms with E-state index in [1.807, 2.05) is 0 Å². The molecule has 2 aliphatic rings. The SMILES string of the molecule is CC1(C)c2ccccc2-c2ccc(N(c3ccc(-c4ccc(-c5c(-c6ccccc6)c(-c6ccccc6)n(-c6ccccc6)c5-c5ccccc5)cc4)cc3)c3ccc4c(c3)C(C)(C)c3ccccc3-4)cc21. The van der Waals surface area contributed by atoms with Crippen LogP contribution in [0.4, 0.5) is 17.1 Å². The van der Waals surface area contributed by atoms with E-state index in [2.05, 4.69) is 292 Å². The molecule has 10 aromatic carbocycles. The molecule has 0 aliphatic heterocycles. The Kier molecular flexibility index (Phi) is 10.2. The summed E-state index contributed by atoms with van der Waals surface area (Å²) in [7, 11) is 0. The van der Waals surface area contributed by atoms with E-state index in [9.17, 15) is 0 Å². The van der Waals surface area contributed by atoms with Crippen molar-refractivity contribution in [3.8, 4) is 83.8 Å². The molecule has 0 radical (unpaired) electrons. The van der Waals surface area contributed by atoms with E-state index in [0.717, 1.165) is 45.1 Å². The second-order valence-electron chi connectivity index (χ2n) is 20.5. The van der Waals surface area contributed by atoms with Crippen LogP contribution in [-0.2, 0) is 10.8 Å². The summed E-state index contributed by atoms with van der Waals surface area (Å²) in [6.07, 6.45) is 0. The van der Waals surface area contributed by atoms with Crippen LogP contribution >= 0.6 is 0 Å². The molecule has 2 aliphatic carbocycles. The second kappa shape index (κ2) is 17.0. The van der Waals surface area contributed by atoms with Gasteiger partial charge >= 0.3 is 0 Å². The molecule has 11 aromatic rings. The highest BCUT2D eigenvalue weighted by atomic mass is 15.1. The molecule has 0 unspecified atom stereocenters. The van der Waals surface area contributed by atoms with Gasteiger partial charge in [0, 0.05) is 44.7 Å². The van der Waals surface area contributed by atoms with E-state index >= 15 is 0 Å². The van der Waals surface area contributed by atoms with Gasteiger partial charge in [-0.1, -0.05) is 234 Å². The number of aromatic nitrogens is 1. The zero-order valence-electron chi connectivity index (χ0n) is 41.1. The maximum atomic E-state index is 2.47. The Hall–Kier alpha value is -8.72. The van der Waals surface area contributed by atoms with Gasteiger partial charge in [0.2, 0.25) is 0 Å². The van der Waals surface area contributed by atoms with Crippen LogP contribution in [0.1, 0.15) is 49.9 Å². The van der Waals surface area contributed by atoms with Crippen LogP contribution in [0.5, 0.6) is 0 Å². The third kappa shape index (κ3) is 6.93. The summed E-state index contributed by atoms with van der Waals surface area (Å²) in [6.45, 7) is 9.47. The van der Waals surface area contributed by atoms with Gasteiger partial charge in [-0.2, -0.15) is 0 Å². The minimum Gasteiger partial charge on any atom is -0.310 e. The Morgan fingerprint density at radius 1 is 0.278 bits per heavy atom. The molecule has 0 saturated heterocycles. The van der Waals surface area contributed by atoms with Crippen molar-refractivity contribution in [3.05, 3.63) is 277 Å². The van der Waals surface area contributed by atoms with Gasteiger partial charge in [-0.3, -0.25) is 0 Å². The molecule has 344 valence electrons. The number of anilines is 3. The number of nitrogens with zero attached hydrogens (tertiary/aromatic N) is 2. The Bertz CT molecular complexity index is 3600. The molecule has 0 spiro atoms. The fourth-order valence-electron chi connectivity index (χ4n) is 12.1. The largest absolute Gasteiger partial charge is 0.310 e. The fraction of sp³-hybridized carbons (Fsp3) is 0.0857. The highest BCUT2D eigenvalue weighted by Gasteiger charge is 2.38. The van der Waals surface area contributed by atoms with Crippen molar-refractivity contribution in [2.45, 2.75) is 38.5 Å². The summed E-state index contributed by atoms with van der Waals surface area (Å²) >= 11 is 0. The molecule has 0 N–H and O–H groups in total. The van der Waals surface area contributed by atoms with E-state index in [1.54, 1.807) is 0 Å². The van der Waals surface area contributed by atoms with Crippen LogP contribution in [0.25, 0.3) is 83.8 Å². The zero-order chi connectivity index (χ0) is 48.6. The first-order valence-corrected chi connectivity index (χ1v) is 25.3. The van der Waals surface area contributed by atoms with Gasteiger partial charge in [-0.05, 0) is 126 Å². The van der Waals surface area contributed by atoms with Crippen LogP contribution in [0.3, 0.4) is 0 Å². The van der Waals surface area contributed by atoms with Crippen LogP contribution in [0.15, 0.2) is 255 Å². The van der Waals surface area contributed by atoms with E-state index < -0.39 is 0 Å². The standard InChI is InChI=1S/C70H54N2/c1-69(2)61-31-19-17-29-57(61)59-43-41-55(45-63(59)69)71(56-42-44-60-58-30-18-20-32-62(58)70(3,4)64(60)46-56)54-39-37-48(38-40-54)47-33-35-50(36-34-47)66-65(49-21-9-5-10-22-49)67(51-23-11-6-12-24-51)72(53-27-15-8-16-28-53)68(66)52-25-13-7-14-26-52/h5-46H,1-4H3. The molecule has 2 heteroatoms. The quantitative estimate of drug-likeness (QED) is 0.140. The zero-order valence-corrected chi connectivity index (χ0v) is 41.1. The van der Waals surface area contributed by atoms with E-state index in [-0.39, 0.29) is 10.8 Å². The van der Waals surface area contributed by atoms with Crippen LogP contribution in [-0.4, -0.2) is 4.57 Å². The molecule has 0 atom stereocenters. The third-order valence-corrected chi connectivity index (χ3v) is 15.6. The Morgan fingerprint density at radius 2 is 0.611 bits per heavy atom. The molecular weight excluding hydrogens is 869 g/mol. The third-order valence-electron chi connectivity index (χ3n) is 15.6. The Balaban J connectivity index is 0.938. The van der Waals surface area contributed by atoms with Gasteiger partial charge in [-0.15, -0.1) is 0 Å². The summed E-state index contributed by atoms with van der Waals surface area (Å²) in [4.78, 5) is 2.46. The highest BCUT2D eigenvalue weighted by molar-refractivity contribution is 6.03. The molecule has 0 fully saturated rings. The molecule has 0 amide bonds. The molecule has 2 nitrogen and oxygen atoms in total. The lowest BCUT2D eigenvalue weighted by atomic mass is 9.82. The van der Waals surface area contributed by atoms with Crippen molar-refractivity contribution < 1.29 is 0 Å². The average molecular weight is 923 g/mol. The molecule has 0 bridgehead atoms. The Labute approximate surface area is 423 Å². The van der Waals surface area contributed by atoms with Crippen molar-refractivity contribution in [1.82, 2.24) is 4.57 Å². The fourth-order valence-corrected chi connectivity index (χ4v) is 12.1. The van der Waals surface area contributed by atoms with Crippen molar-refractivity contribution >= 4 is 17.1 Å². The minimum absolute atomic E-state index is 0.123. The monoisotopic (exact) mass is 922 g/mol. The van der Waals surface area contributed by atoms with Crippen LogP contribution in [0.2, 0.25) is 0 Å². The van der Waals surface area contributed by atoms with Gasteiger partial charge in [-0.25, -0.2) is 0 Å².